The van der Waals surface area contributed by atoms with Gasteiger partial charge in [0.1, 0.15) is 11.4 Å². The molecule has 4 rings (SSSR count). The summed E-state index contributed by atoms with van der Waals surface area (Å²) >= 11 is 0. The lowest BCUT2D eigenvalue weighted by atomic mass is 9.92. The number of carbonyl (C=O) groups excluding carboxylic acids is 1. The highest BCUT2D eigenvalue weighted by Gasteiger charge is 2.23. The third-order valence-corrected chi connectivity index (χ3v) is 4.73. The minimum absolute atomic E-state index is 0.0130. The van der Waals surface area contributed by atoms with Crippen LogP contribution in [-0.4, -0.2) is 44.4 Å². The van der Waals surface area contributed by atoms with Crippen LogP contribution in [0.2, 0.25) is 0 Å². The summed E-state index contributed by atoms with van der Waals surface area (Å²) < 4.78 is 0. The summed E-state index contributed by atoms with van der Waals surface area (Å²) in [5.74, 6) is 0.166. The summed E-state index contributed by atoms with van der Waals surface area (Å²) in [6.07, 6.45) is 5.11. The van der Waals surface area contributed by atoms with Crippen LogP contribution in [0.15, 0.2) is 42.7 Å². The van der Waals surface area contributed by atoms with Gasteiger partial charge in [-0.3, -0.25) is 9.89 Å². The fourth-order valence-electron chi connectivity index (χ4n) is 3.24. The van der Waals surface area contributed by atoms with Gasteiger partial charge in [0.2, 0.25) is 0 Å². The van der Waals surface area contributed by atoms with E-state index in [2.05, 4.69) is 25.7 Å². The number of Topliss-reactive ketones (excluding diaryl/α,β-unsaturated/α-hetero) is 1. The molecule has 26 heavy (non-hydrogen) atoms. The van der Waals surface area contributed by atoms with Gasteiger partial charge in [-0.15, -0.1) is 10.2 Å². The molecule has 1 saturated heterocycles. The molecular weight excluding hydrogens is 330 g/mol. The van der Waals surface area contributed by atoms with E-state index in [0.29, 0.717) is 17.0 Å². The van der Waals surface area contributed by atoms with Gasteiger partial charge in [0.25, 0.3) is 0 Å². The van der Waals surface area contributed by atoms with Gasteiger partial charge in [0.15, 0.2) is 5.78 Å². The Morgan fingerprint density at radius 1 is 1.08 bits per heavy atom. The molecule has 7 heteroatoms. The first-order valence-electron chi connectivity index (χ1n) is 8.63. The molecule has 3 heterocycles. The van der Waals surface area contributed by atoms with Crippen LogP contribution in [0.3, 0.4) is 0 Å². The molecule has 1 aliphatic rings. The predicted octanol–water partition coefficient (Wildman–Crippen LogP) is 2.42. The number of nitrogens with one attached hydrogen (secondary N) is 2. The van der Waals surface area contributed by atoms with Crippen molar-refractivity contribution in [2.75, 3.05) is 13.1 Å². The standard InChI is InChI=1S/C19H19N5O2/c25-18-9-13(14-10-21-22-11-14)1-2-15(18)16-3-4-17(24-23-16)19(26)12-5-7-20-8-6-12/h1-4,9-12,20,25H,5-8H2,(H,21,22). The molecule has 2 aromatic heterocycles. The van der Waals surface area contributed by atoms with Crippen molar-refractivity contribution in [3.63, 3.8) is 0 Å². The predicted molar refractivity (Wildman–Crippen MR) is 96.6 cm³/mol. The van der Waals surface area contributed by atoms with Gasteiger partial charge in [-0.25, -0.2) is 0 Å². The van der Waals surface area contributed by atoms with Gasteiger partial charge in [0, 0.05) is 23.2 Å². The van der Waals surface area contributed by atoms with Gasteiger partial charge in [-0.1, -0.05) is 6.07 Å². The number of carbonyl (C=O) groups is 1. The van der Waals surface area contributed by atoms with Crippen LogP contribution < -0.4 is 5.32 Å². The number of nitrogens with zero attached hydrogens (tertiary/aromatic N) is 3. The number of phenolic OH excluding ortho intramolecular Hbond substituents is 1. The molecule has 0 atom stereocenters. The van der Waals surface area contributed by atoms with Gasteiger partial charge >= 0.3 is 0 Å². The molecular formula is C19H19N5O2. The van der Waals surface area contributed by atoms with E-state index in [1.807, 2.05) is 6.07 Å². The highest BCUT2D eigenvalue weighted by atomic mass is 16.3. The maximum absolute atomic E-state index is 12.5. The number of hydrogen-bond acceptors (Lipinski definition) is 6. The third kappa shape index (κ3) is 3.21. The summed E-state index contributed by atoms with van der Waals surface area (Å²) in [7, 11) is 0. The highest BCUT2D eigenvalue weighted by Crippen LogP contribution is 2.32. The highest BCUT2D eigenvalue weighted by molar-refractivity contribution is 5.96. The van der Waals surface area contributed by atoms with Crippen LogP contribution in [0, 0.1) is 5.92 Å². The monoisotopic (exact) mass is 349 g/mol. The number of aromatic nitrogens is 4. The molecule has 1 aromatic carbocycles. The maximum Gasteiger partial charge on any atom is 0.186 e. The second kappa shape index (κ2) is 7.05. The van der Waals surface area contributed by atoms with E-state index >= 15 is 0 Å². The molecule has 0 bridgehead atoms. The molecule has 0 spiro atoms. The quantitative estimate of drug-likeness (QED) is 0.625. The topological polar surface area (TPSA) is 104 Å². The number of aromatic amines is 1. The van der Waals surface area contributed by atoms with Gasteiger partial charge < -0.3 is 10.4 Å². The summed E-state index contributed by atoms with van der Waals surface area (Å²) in [4.78, 5) is 12.5. The Morgan fingerprint density at radius 2 is 1.92 bits per heavy atom. The Hall–Kier alpha value is -3.06. The minimum atomic E-state index is 0.0130. The first-order valence-corrected chi connectivity index (χ1v) is 8.63. The number of benzene rings is 1. The van der Waals surface area contributed by atoms with Crippen LogP contribution in [0.4, 0.5) is 0 Å². The van der Waals surface area contributed by atoms with Crippen LogP contribution in [0.1, 0.15) is 23.3 Å². The van der Waals surface area contributed by atoms with E-state index in [1.54, 1.807) is 36.7 Å². The maximum atomic E-state index is 12.5. The molecule has 1 aliphatic heterocycles. The van der Waals surface area contributed by atoms with E-state index in [-0.39, 0.29) is 17.5 Å². The van der Waals surface area contributed by atoms with Crippen molar-refractivity contribution in [1.29, 1.82) is 0 Å². The average Bonchev–Trinajstić information content (AvgIpc) is 3.23. The van der Waals surface area contributed by atoms with Crippen LogP contribution >= 0.6 is 0 Å². The first-order chi connectivity index (χ1) is 12.7. The number of hydrogen-bond donors (Lipinski definition) is 3. The van der Waals surface area contributed by atoms with Gasteiger partial charge in [0.05, 0.1) is 11.9 Å². The zero-order chi connectivity index (χ0) is 17.9. The molecule has 132 valence electrons. The molecule has 0 unspecified atom stereocenters. The minimum Gasteiger partial charge on any atom is -0.507 e. The number of H-pyrrole nitrogens is 1. The van der Waals surface area contributed by atoms with E-state index < -0.39 is 0 Å². The van der Waals surface area contributed by atoms with E-state index in [0.717, 1.165) is 37.1 Å². The van der Waals surface area contributed by atoms with Crippen molar-refractivity contribution in [3.8, 4) is 28.1 Å². The molecule has 0 saturated carbocycles. The zero-order valence-corrected chi connectivity index (χ0v) is 14.1. The van der Waals surface area contributed by atoms with Crippen molar-refractivity contribution in [1.82, 2.24) is 25.7 Å². The molecule has 0 aliphatic carbocycles. The van der Waals surface area contributed by atoms with Crippen LogP contribution in [0.25, 0.3) is 22.4 Å². The van der Waals surface area contributed by atoms with Gasteiger partial charge in [-0.2, -0.15) is 5.10 Å². The fraction of sp³-hybridized carbons (Fsp3) is 0.263. The number of phenols is 1. The smallest absolute Gasteiger partial charge is 0.186 e. The Labute approximate surface area is 150 Å². The normalized spacial score (nSPS) is 15.1. The molecule has 3 N–H and O–H groups in total. The zero-order valence-electron chi connectivity index (χ0n) is 14.1. The van der Waals surface area contributed by atoms with Crippen LogP contribution in [-0.2, 0) is 0 Å². The van der Waals surface area contributed by atoms with Gasteiger partial charge in [-0.05, 0) is 55.8 Å². The van der Waals surface area contributed by atoms with Crippen LogP contribution in [0.5, 0.6) is 5.75 Å². The Balaban J connectivity index is 1.56. The molecule has 0 radical (unpaired) electrons. The van der Waals surface area contributed by atoms with Crippen molar-refractivity contribution < 1.29 is 9.90 Å². The number of ketones is 1. The van der Waals surface area contributed by atoms with Crippen molar-refractivity contribution in [3.05, 3.63) is 48.4 Å². The van der Waals surface area contributed by atoms with Crippen molar-refractivity contribution in [2.24, 2.45) is 5.92 Å². The lowest BCUT2D eigenvalue weighted by molar-refractivity contribution is 0.0889. The van der Waals surface area contributed by atoms with E-state index in [9.17, 15) is 9.90 Å². The second-order valence-corrected chi connectivity index (χ2v) is 6.41. The molecule has 3 aromatic rings. The lowest BCUT2D eigenvalue weighted by Gasteiger charge is -2.20. The first kappa shape index (κ1) is 16.4. The largest absolute Gasteiger partial charge is 0.507 e. The molecule has 0 amide bonds. The number of aromatic hydroxyl groups is 1. The Kier molecular flexibility index (Phi) is 4.45. The summed E-state index contributed by atoms with van der Waals surface area (Å²) in [5, 5.41) is 28.5. The third-order valence-electron chi connectivity index (χ3n) is 4.73. The van der Waals surface area contributed by atoms with E-state index in [1.165, 1.54) is 0 Å². The number of rotatable bonds is 4. The molecule has 7 nitrogen and oxygen atoms in total. The molecule has 1 fully saturated rings. The Bertz CT molecular complexity index is 900. The van der Waals surface area contributed by atoms with Crippen molar-refractivity contribution >= 4 is 5.78 Å². The Morgan fingerprint density at radius 3 is 2.58 bits per heavy atom. The lowest BCUT2D eigenvalue weighted by Crippen LogP contribution is -2.32. The fourth-order valence-corrected chi connectivity index (χ4v) is 3.24. The van der Waals surface area contributed by atoms with E-state index in [4.69, 9.17) is 0 Å². The second-order valence-electron chi connectivity index (χ2n) is 6.41. The summed E-state index contributed by atoms with van der Waals surface area (Å²) in [5.41, 5.74) is 3.23. The SMILES string of the molecule is O=C(c1ccc(-c2ccc(-c3cn[nH]c3)cc2O)nn1)C1CCNCC1. The summed E-state index contributed by atoms with van der Waals surface area (Å²) in [6, 6.07) is 8.76. The number of piperidine rings is 1. The van der Waals surface area contributed by atoms with Crippen molar-refractivity contribution in [2.45, 2.75) is 12.8 Å². The average molecular weight is 349 g/mol. The summed E-state index contributed by atoms with van der Waals surface area (Å²) in [6.45, 7) is 1.72.